The lowest BCUT2D eigenvalue weighted by atomic mass is 10.1. The summed E-state index contributed by atoms with van der Waals surface area (Å²) in [5.74, 6) is 0.982. The molecule has 2 aliphatic rings. The molecule has 0 radical (unpaired) electrons. The zero-order chi connectivity index (χ0) is 16.3. The van der Waals surface area contributed by atoms with E-state index >= 15 is 0 Å². The molecular weight excluding hydrogens is 328 g/mol. The van der Waals surface area contributed by atoms with Gasteiger partial charge < -0.3 is 5.32 Å². The molecule has 0 saturated heterocycles. The number of anilines is 1. The number of rotatable bonds is 2. The topological polar surface area (TPSA) is 77.6 Å². The lowest BCUT2D eigenvalue weighted by Crippen LogP contribution is -2.13. The second-order valence-corrected chi connectivity index (χ2v) is 6.45. The summed E-state index contributed by atoms with van der Waals surface area (Å²) in [5, 5.41) is 7.72. The van der Waals surface area contributed by atoms with Crippen LogP contribution in [0, 0.1) is 5.92 Å². The van der Waals surface area contributed by atoms with Gasteiger partial charge in [0.05, 0.1) is 17.9 Å². The lowest BCUT2D eigenvalue weighted by Gasteiger charge is -2.11. The first-order valence-electron chi connectivity index (χ1n) is 7.76. The number of carbonyl (C=O) groups is 1. The summed E-state index contributed by atoms with van der Waals surface area (Å²) < 4.78 is 3.73. The summed E-state index contributed by atoms with van der Waals surface area (Å²) in [7, 11) is 0. The van der Waals surface area contributed by atoms with Gasteiger partial charge in [0.15, 0.2) is 11.0 Å². The number of benzene rings is 1. The van der Waals surface area contributed by atoms with Gasteiger partial charge in [0, 0.05) is 17.2 Å². The normalized spacial score (nSPS) is 15.2. The Morgan fingerprint density at radius 3 is 3.00 bits per heavy atom. The van der Waals surface area contributed by atoms with Crippen molar-refractivity contribution in [2.75, 3.05) is 5.32 Å². The Morgan fingerprint density at radius 2 is 2.17 bits per heavy atom. The first-order valence-corrected chi connectivity index (χ1v) is 8.13. The number of aromatic nitrogens is 5. The van der Waals surface area contributed by atoms with Gasteiger partial charge in [-0.2, -0.15) is 5.10 Å². The molecule has 24 heavy (non-hydrogen) atoms. The van der Waals surface area contributed by atoms with Gasteiger partial charge in [-0.05, 0) is 31.0 Å². The fourth-order valence-electron chi connectivity index (χ4n) is 3.02. The van der Waals surface area contributed by atoms with Crippen molar-refractivity contribution in [1.82, 2.24) is 24.3 Å². The zero-order valence-corrected chi connectivity index (χ0v) is 13.4. The first-order chi connectivity index (χ1) is 11.7. The van der Waals surface area contributed by atoms with E-state index in [4.69, 9.17) is 11.6 Å². The second-order valence-electron chi connectivity index (χ2n) is 6.09. The predicted molar refractivity (Wildman–Crippen MR) is 88.0 cm³/mol. The van der Waals surface area contributed by atoms with Crippen LogP contribution in [0.15, 0.2) is 30.9 Å². The number of nitrogens with zero attached hydrogens (tertiary/aromatic N) is 5. The molecule has 0 atom stereocenters. The Kier molecular flexibility index (Phi) is 2.81. The standard InChI is InChI=1S/C16H13ClN6O/c17-14-13-6-23-15(18-7-20-23)11-5-10(21-16(24)9-1-2-9)3-4-12(11)22(13)8-19-14/h3-5,7-9H,1-2,6H2,(H,21,24). The van der Waals surface area contributed by atoms with Crippen LogP contribution < -0.4 is 5.32 Å². The van der Waals surface area contributed by atoms with Gasteiger partial charge in [0.2, 0.25) is 5.91 Å². The Labute approximate surface area is 142 Å². The van der Waals surface area contributed by atoms with Gasteiger partial charge in [-0.15, -0.1) is 0 Å². The molecule has 1 N–H and O–H groups in total. The molecular formula is C16H13ClN6O. The average Bonchev–Trinajstić information content (AvgIpc) is 3.27. The fraction of sp³-hybridized carbons (Fsp3) is 0.250. The molecule has 1 saturated carbocycles. The quantitative estimate of drug-likeness (QED) is 0.608. The second kappa shape index (κ2) is 4.91. The molecule has 0 unspecified atom stereocenters. The molecule has 1 fully saturated rings. The van der Waals surface area contributed by atoms with Crippen molar-refractivity contribution in [2.45, 2.75) is 19.4 Å². The van der Waals surface area contributed by atoms with Crippen LogP contribution in [0.5, 0.6) is 0 Å². The number of hydrogen-bond acceptors (Lipinski definition) is 4. The van der Waals surface area contributed by atoms with Gasteiger partial charge in [-0.3, -0.25) is 9.36 Å². The predicted octanol–water partition coefficient (Wildman–Crippen LogP) is 2.49. The molecule has 7 nitrogen and oxygen atoms in total. The molecule has 0 bridgehead atoms. The highest BCUT2D eigenvalue weighted by molar-refractivity contribution is 6.30. The third-order valence-electron chi connectivity index (χ3n) is 4.44. The number of carbonyl (C=O) groups excluding carboxylic acids is 1. The first kappa shape index (κ1) is 13.7. The van der Waals surface area contributed by atoms with Crippen molar-refractivity contribution in [3.05, 3.63) is 41.7 Å². The Hall–Kier alpha value is -2.67. The lowest BCUT2D eigenvalue weighted by molar-refractivity contribution is -0.117. The van der Waals surface area contributed by atoms with Crippen LogP contribution in [0.1, 0.15) is 18.5 Å². The van der Waals surface area contributed by atoms with Crippen molar-refractivity contribution in [3.8, 4) is 17.1 Å². The van der Waals surface area contributed by atoms with Crippen molar-refractivity contribution >= 4 is 23.2 Å². The summed E-state index contributed by atoms with van der Waals surface area (Å²) in [6.07, 6.45) is 5.17. The summed E-state index contributed by atoms with van der Waals surface area (Å²) >= 11 is 6.22. The maximum Gasteiger partial charge on any atom is 0.227 e. The SMILES string of the molecule is O=C(Nc1ccc2c(c1)-c1ncnn1Cc1c(Cl)ncn1-2)C1CC1. The van der Waals surface area contributed by atoms with Crippen LogP contribution in [0.4, 0.5) is 5.69 Å². The van der Waals surface area contributed by atoms with E-state index < -0.39 is 0 Å². The van der Waals surface area contributed by atoms with Crippen LogP contribution >= 0.6 is 11.6 Å². The number of amides is 1. The zero-order valence-electron chi connectivity index (χ0n) is 12.6. The van der Waals surface area contributed by atoms with E-state index in [0.29, 0.717) is 11.7 Å². The maximum absolute atomic E-state index is 12.0. The van der Waals surface area contributed by atoms with Gasteiger partial charge in [-0.1, -0.05) is 11.6 Å². The monoisotopic (exact) mass is 340 g/mol. The molecule has 1 aromatic carbocycles. The molecule has 3 aromatic rings. The van der Waals surface area contributed by atoms with E-state index in [0.717, 1.165) is 41.3 Å². The number of fused-ring (bicyclic) bond motifs is 5. The van der Waals surface area contributed by atoms with E-state index in [1.807, 2.05) is 22.8 Å². The third-order valence-corrected chi connectivity index (χ3v) is 4.76. The van der Waals surface area contributed by atoms with Crippen LogP contribution in [-0.4, -0.2) is 30.2 Å². The molecule has 120 valence electrons. The van der Waals surface area contributed by atoms with Crippen LogP contribution in [0.25, 0.3) is 17.1 Å². The summed E-state index contributed by atoms with van der Waals surface area (Å²) in [5.41, 5.74) is 3.42. The third kappa shape index (κ3) is 2.05. The Balaban J connectivity index is 1.66. The molecule has 0 spiro atoms. The summed E-state index contributed by atoms with van der Waals surface area (Å²) in [6, 6.07) is 5.77. The van der Waals surface area contributed by atoms with E-state index in [9.17, 15) is 4.79 Å². The smallest absolute Gasteiger partial charge is 0.227 e. The van der Waals surface area contributed by atoms with E-state index in [1.165, 1.54) is 6.33 Å². The van der Waals surface area contributed by atoms with Crippen molar-refractivity contribution in [3.63, 3.8) is 0 Å². The van der Waals surface area contributed by atoms with Gasteiger partial charge in [0.25, 0.3) is 0 Å². The fourth-order valence-corrected chi connectivity index (χ4v) is 3.22. The van der Waals surface area contributed by atoms with E-state index in [1.54, 1.807) is 11.0 Å². The number of imidazole rings is 1. The minimum atomic E-state index is 0.0800. The molecule has 2 aromatic heterocycles. The van der Waals surface area contributed by atoms with Crippen molar-refractivity contribution in [2.24, 2.45) is 5.92 Å². The highest BCUT2D eigenvalue weighted by Crippen LogP contribution is 2.35. The molecule has 1 aliphatic carbocycles. The molecule has 1 amide bonds. The Morgan fingerprint density at radius 1 is 1.29 bits per heavy atom. The van der Waals surface area contributed by atoms with Crippen molar-refractivity contribution < 1.29 is 4.79 Å². The maximum atomic E-state index is 12.0. The average molecular weight is 341 g/mol. The number of nitrogens with one attached hydrogen (secondary N) is 1. The largest absolute Gasteiger partial charge is 0.326 e. The summed E-state index contributed by atoms with van der Waals surface area (Å²) in [6.45, 7) is 0.493. The van der Waals surface area contributed by atoms with Crippen LogP contribution in [0.2, 0.25) is 5.15 Å². The van der Waals surface area contributed by atoms with Gasteiger partial charge >= 0.3 is 0 Å². The van der Waals surface area contributed by atoms with Gasteiger partial charge in [-0.25, -0.2) is 14.6 Å². The Bertz CT molecular complexity index is 971. The van der Waals surface area contributed by atoms with Crippen LogP contribution in [0.3, 0.4) is 0 Å². The van der Waals surface area contributed by atoms with E-state index in [-0.39, 0.29) is 11.8 Å². The van der Waals surface area contributed by atoms with Crippen LogP contribution in [-0.2, 0) is 11.3 Å². The minimum Gasteiger partial charge on any atom is -0.326 e. The van der Waals surface area contributed by atoms with E-state index in [2.05, 4.69) is 20.4 Å². The molecule has 1 aliphatic heterocycles. The summed E-state index contributed by atoms with van der Waals surface area (Å²) in [4.78, 5) is 20.6. The molecule has 8 heteroatoms. The molecule has 3 heterocycles. The van der Waals surface area contributed by atoms with Crippen molar-refractivity contribution in [1.29, 1.82) is 0 Å². The highest BCUT2D eigenvalue weighted by atomic mass is 35.5. The highest BCUT2D eigenvalue weighted by Gasteiger charge is 2.30. The minimum absolute atomic E-state index is 0.0800. The van der Waals surface area contributed by atoms with Gasteiger partial charge in [0.1, 0.15) is 12.7 Å². The number of halogens is 1. The molecule has 5 rings (SSSR count). The number of hydrogen-bond donors (Lipinski definition) is 1.